The summed E-state index contributed by atoms with van der Waals surface area (Å²) < 4.78 is 2.11. The first-order valence-corrected chi connectivity index (χ1v) is 3.89. The van der Waals surface area contributed by atoms with Gasteiger partial charge in [-0.15, -0.1) is 0 Å². The first-order valence-electron chi connectivity index (χ1n) is 3.38. The largest absolute Gasteiger partial charge is 0.290 e. The van der Waals surface area contributed by atoms with Crippen molar-refractivity contribution in [3.05, 3.63) is 12.2 Å². The summed E-state index contributed by atoms with van der Waals surface area (Å²) in [6.07, 6.45) is 6.74. The molecule has 0 radical (unpaired) electrons. The van der Waals surface area contributed by atoms with Crippen LogP contribution in [0.5, 0.6) is 0 Å². The van der Waals surface area contributed by atoms with Crippen molar-refractivity contribution in [1.29, 1.82) is 0 Å². The molecule has 0 N–H and O–H groups in total. The maximum atomic E-state index is 2.64. The molecule has 0 spiro atoms. The molecule has 0 amide bonds. The molecule has 9 heavy (non-hydrogen) atoms. The van der Waals surface area contributed by atoms with Crippen LogP contribution >= 0.6 is 9.39 Å². The Labute approximate surface area is 60.4 Å². The highest BCUT2D eigenvalue weighted by Crippen LogP contribution is 1.95. The van der Waals surface area contributed by atoms with E-state index < -0.39 is 0 Å². The Kier molecular flexibility index (Phi) is 6.34. The van der Waals surface area contributed by atoms with Crippen LogP contribution in [0.4, 0.5) is 0 Å². The Bertz CT molecular complexity index is 79.0. The van der Waals surface area contributed by atoms with Gasteiger partial charge in [-0.25, -0.2) is 0 Å². The average Bonchev–Trinajstić information content (AvgIpc) is 1.80. The Hall–Kier alpha value is 0.130. The topological polar surface area (TPSA) is 3.24 Å². The van der Waals surface area contributed by atoms with Crippen molar-refractivity contribution >= 4 is 9.39 Å². The Balaban J connectivity index is 2.99. The summed E-state index contributed by atoms with van der Waals surface area (Å²) in [5, 5.41) is 0. The molecule has 0 aromatic rings. The summed E-state index contributed by atoms with van der Waals surface area (Å²) in [6.45, 7) is 3.28. The van der Waals surface area contributed by atoms with E-state index in [2.05, 4.69) is 40.2 Å². The zero-order chi connectivity index (χ0) is 7.11. The lowest BCUT2D eigenvalue weighted by molar-refractivity contribution is 0.574. The molecular formula is C7H16NP. The van der Waals surface area contributed by atoms with Crippen molar-refractivity contribution in [3.8, 4) is 0 Å². The van der Waals surface area contributed by atoms with Gasteiger partial charge in [0.15, 0.2) is 0 Å². The number of nitrogens with zero attached hydrogens (tertiary/aromatic N) is 1. The lowest BCUT2D eigenvalue weighted by Gasteiger charge is -2.04. The minimum Gasteiger partial charge on any atom is -0.290 e. The molecule has 0 bridgehead atoms. The zero-order valence-corrected chi connectivity index (χ0v) is 7.46. The third-order valence-corrected chi connectivity index (χ3v) is 1.31. The van der Waals surface area contributed by atoms with Gasteiger partial charge in [-0.05, 0) is 19.9 Å². The number of rotatable bonds is 4. The first kappa shape index (κ1) is 9.13. The molecular weight excluding hydrogens is 129 g/mol. The lowest BCUT2D eigenvalue weighted by atomic mass is 10.3. The van der Waals surface area contributed by atoms with Crippen LogP contribution in [0.3, 0.4) is 0 Å². The number of allylic oxidation sites excluding steroid dienone is 1. The third-order valence-electron chi connectivity index (χ3n) is 1.05. The van der Waals surface area contributed by atoms with Crippen LogP contribution in [0.25, 0.3) is 0 Å². The van der Waals surface area contributed by atoms with E-state index in [9.17, 15) is 0 Å². The molecule has 0 rings (SSSR count). The minimum atomic E-state index is 1.13. The molecule has 0 saturated carbocycles. The van der Waals surface area contributed by atoms with E-state index in [1.165, 1.54) is 0 Å². The monoisotopic (exact) mass is 145 g/mol. The van der Waals surface area contributed by atoms with Gasteiger partial charge in [0.2, 0.25) is 0 Å². The van der Waals surface area contributed by atoms with Crippen LogP contribution < -0.4 is 0 Å². The quantitative estimate of drug-likeness (QED) is 0.432. The van der Waals surface area contributed by atoms with Gasteiger partial charge in [-0.3, -0.25) is 4.67 Å². The lowest BCUT2D eigenvalue weighted by Crippen LogP contribution is -2.03. The predicted octanol–water partition coefficient (Wildman–Crippen LogP) is 2.06. The summed E-state index contributed by atoms with van der Waals surface area (Å²) in [4.78, 5) is 0. The van der Waals surface area contributed by atoms with Crippen molar-refractivity contribution in [3.63, 3.8) is 0 Å². The molecule has 1 unspecified atom stereocenters. The predicted molar refractivity (Wildman–Crippen MR) is 46.4 cm³/mol. The van der Waals surface area contributed by atoms with Crippen molar-refractivity contribution < 1.29 is 0 Å². The molecule has 0 saturated heterocycles. The van der Waals surface area contributed by atoms with Crippen LogP contribution in [0, 0.1) is 0 Å². The SMILES string of the molecule is CC/C=C/CCN(C)P. The average molecular weight is 145 g/mol. The van der Waals surface area contributed by atoms with E-state index in [0.29, 0.717) is 0 Å². The molecule has 0 fully saturated rings. The molecule has 1 nitrogen and oxygen atoms in total. The van der Waals surface area contributed by atoms with Crippen LogP contribution in [-0.4, -0.2) is 18.3 Å². The third kappa shape index (κ3) is 8.13. The summed E-state index contributed by atoms with van der Waals surface area (Å²) in [7, 11) is 4.70. The molecule has 2 heteroatoms. The van der Waals surface area contributed by atoms with Gasteiger partial charge in [0, 0.05) is 6.54 Å². The summed E-state index contributed by atoms with van der Waals surface area (Å²) in [5.74, 6) is 0. The molecule has 1 atom stereocenters. The highest BCUT2D eigenvalue weighted by atomic mass is 31.0. The van der Waals surface area contributed by atoms with E-state index in [0.717, 1.165) is 19.4 Å². The second-order valence-electron chi connectivity index (χ2n) is 2.15. The summed E-state index contributed by atoms with van der Waals surface area (Å²) in [6, 6.07) is 0. The first-order chi connectivity index (χ1) is 4.27. The van der Waals surface area contributed by atoms with Gasteiger partial charge in [-0.2, -0.15) is 0 Å². The molecule has 0 aliphatic rings. The van der Waals surface area contributed by atoms with Crippen molar-refractivity contribution in [2.24, 2.45) is 0 Å². The highest BCUT2D eigenvalue weighted by Gasteiger charge is 1.83. The van der Waals surface area contributed by atoms with Crippen molar-refractivity contribution in [2.75, 3.05) is 13.6 Å². The number of hydrogen-bond acceptors (Lipinski definition) is 1. The maximum absolute atomic E-state index is 2.64. The molecule has 0 heterocycles. The molecule has 0 aromatic heterocycles. The fourth-order valence-electron chi connectivity index (χ4n) is 0.563. The van der Waals surface area contributed by atoms with Gasteiger partial charge in [0.05, 0.1) is 0 Å². The van der Waals surface area contributed by atoms with E-state index in [-0.39, 0.29) is 0 Å². The second-order valence-corrected chi connectivity index (χ2v) is 3.03. The fraction of sp³-hybridized carbons (Fsp3) is 0.714. The van der Waals surface area contributed by atoms with Crippen LogP contribution in [-0.2, 0) is 0 Å². The maximum Gasteiger partial charge on any atom is 0.00477 e. The van der Waals surface area contributed by atoms with Crippen molar-refractivity contribution in [1.82, 2.24) is 4.67 Å². The highest BCUT2D eigenvalue weighted by molar-refractivity contribution is 7.13. The molecule has 0 aromatic carbocycles. The Morgan fingerprint density at radius 3 is 2.56 bits per heavy atom. The van der Waals surface area contributed by atoms with Crippen molar-refractivity contribution in [2.45, 2.75) is 19.8 Å². The normalized spacial score (nSPS) is 11.6. The van der Waals surface area contributed by atoms with E-state index >= 15 is 0 Å². The summed E-state index contributed by atoms with van der Waals surface area (Å²) in [5.41, 5.74) is 0. The smallest absolute Gasteiger partial charge is 0.00477 e. The van der Waals surface area contributed by atoms with Gasteiger partial charge in [0.1, 0.15) is 0 Å². The Morgan fingerprint density at radius 1 is 1.44 bits per heavy atom. The molecule has 54 valence electrons. The van der Waals surface area contributed by atoms with Crippen LogP contribution in [0.15, 0.2) is 12.2 Å². The fourth-order valence-corrected chi connectivity index (χ4v) is 0.712. The number of hydrogen-bond donors (Lipinski definition) is 0. The van der Waals surface area contributed by atoms with Crippen LogP contribution in [0.2, 0.25) is 0 Å². The summed E-state index contributed by atoms with van der Waals surface area (Å²) >= 11 is 0. The van der Waals surface area contributed by atoms with Crippen LogP contribution in [0.1, 0.15) is 19.8 Å². The zero-order valence-electron chi connectivity index (χ0n) is 6.30. The molecule has 0 aliphatic carbocycles. The van der Waals surface area contributed by atoms with Gasteiger partial charge >= 0.3 is 0 Å². The van der Waals surface area contributed by atoms with Gasteiger partial charge in [0.25, 0.3) is 0 Å². The van der Waals surface area contributed by atoms with E-state index in [4.69, 9.17) is 0 Å². The van der Waals surface area contributed by atoms with E-state index in [1.807, 2.05) is 0 Å². The minimum absolute atomic E-state index is 1.13. The Morgan fingerprint density at radius 2 is 2.11 bits per heavy atom. The van der Waals surface area contributed by atoms with E-state index in [1.54, 1.807) is 0 Å². The van der Waals surface area contributed by atoms with Gasteiger partial charge < -0.3 is 0 Å². The second kappa shape index (κ2) is 6.25. The standard InChI is InChI=1S/C7H16NP/c1-3-4-5-6-7-8(2)9/h4-5H,3,6-7,9H2,1-2H3/b5-4+. The van der Waals surface area contributed by atoms with Gasteiger partial charge in [-0.1, -0.05) is 28.5 Å². The molecule has 0 aliphatic heterocycles.